The predicted molar refractivity (Wildman–Crippen MR) is 69.0 cm³/mol. The van der Waals surface area contributed by atoms with Crippen LogP contribution in [0.1, 0.15) is 20.8 Å². The van der Waals surface area contributed by atoms with E-state index >= 15 is 0 Å². The van der Waals surface area contributed by atoms with Gasteiger partial charge in [-0.15, -0.1) is 11.6 Å². The third kappa shape index (κ3) is 2.76. The molecule has 3 heteroatoms. The number of para-hydroxylation sites is 1. The summed E-state index contributed by atoms with van der Waals surface area (Å²) >= 11 is 5.83. The molecule has 0 spiro atoms. The highest BCUT2D eigenvalue weighted by Gasteiger charge is 2.31. The highest BCUT2D eigenvalue weighted by Crippen LogP contribution is 2.24. The fourth-order valence-corrected chi connectivity index (χ4v) is 1.59. The lowest BCUT2D eigenvalue weighted by molar-refractivity contribution is -0.125. The molecule has 0 saturated heterocycles. The van der Waals surface area contributed by atoms with Crippen LogP contribution in [0.15, 0.2) is 30.3 Å². The molecule has 2 nitrogen and oxygen atoms in total. The van der Waals surface area contributed by atoms with Crippen molar-refractivity contribution in [3.63, 3.8) is 0 Å². The minimum Gasteiger partial charge on any atom is -0.312 e. The fourth-order valence-electron chi connectivity index (χ4n) is 1.47. The van der Waals surface area contributed by atoms with E-state index in [0.29, 0.717) is 12.4 Å². The predicted octanol–water partition coefficient (Wildman–Crippen LogP) is 3.30. The maximum absolute atomic E-state index is 12.3. The van der Waals surface area contributed by atoms with Gasteiger partial charge in [0.1, 0.15) is 0 Å². The van der Waals surface area contributed by atoms with E-state index in [-0.39, 0.29) is 5.91 Å². The molecular weight excluding hydrogens is 222 g/mol. The Bertz CT molecular complexity index is 348. The smallest absolute Gasteiger partial charge is 0.233 e. The maximum atomic E-state index is 12.3. The van der Waals surface area contributed by atoms with Crippen LogP contribution in [-0.2, 0) is 4.79 Å². The van der Waals surface area contributed by atoms with Gasteiger partial charge in [-0.2, -0.15) is 0 Å². The number of anilines is 1. The van der Waals surface area contributed by atoms with E-state index in [4.69, 9.17) is 11.6 Å². The number of rotatable bonds is 4. The third-order valence-electron chi connectivity index (χ3n) is 2.54. The molecule has 0 radical (unpaired) electrons. The van der Waals surface area contributed by atoms with Gasteiger partial charge in [0.25, 0.3) is 0 Å². The molecule has 0 aliphatic heterocycles. The van der Waals surface area contributed by atoms with Gasteiger partial charge < -0.3 is 4.90 Å². The van der Waals surface area contributed by atoms with Crippen molar-refractivity contribution in [1.82, 2.24) is 0 Å². The Balaban J connectivity index is 2.96. The first-order chi connectivity index (χ1) is 7.53. The Morgan fingerprint density at radius 1 is 1.31 bits per heavy atom. The Morgan fingerprint density at radius 2 is 1.88 bits per heavy atom. The third-order valence-corrected chi connectivity index (χ3v) is 3.21. The topological polar surface area (TPSA) is 20.3 Å². The average Bonchev–Trinajstić information content (AvgIpc) is 2.31. The standard InChI is InChI=1S/C13H18ClNO/c1-4-15(11-8-6-5-7-9-11)12(16)13(2,3)10-14/h5-9H,4,10H2,1-3H3. The quantitative estimate of drug-likeness (QED) is 0.739. The number of alkyl halides is 1. The summed E-state index contributed by atoms with van der Waals surface area (Å²) in [5, 5.41) is 0. The number of hydrogen-bond acceptors (Lipinski definition) is 1. The molecular formula is C13H18ClNO. The monoisotopic (exact) mass is 239 g/mol. The molecule has 0 aliphatic carbocycles. The summed E-state index contributed by atoms with van der Waals surface area (Å²) in [6.07, 6.45) is 0. The summed E-state index contributed by atoms with van der Waals surface area (Å²) in [5.74, 6) is 0.394. The zero-order valence-corrected chi connectivity index (χ0v) is 10.8. The van der Waals surface area contributed by atoms with E-state index in [9.17, 15) is 4.79 Å². The first kappa shape index (κ1) is 13.0. The van der Waals surface area contributed by atoms with Crippen LogP contribution in [0, 0.1) is 5.41 Å². The normalized spacial score (nSPS) is 11.2. The van der Waals surface area contributed by atoms with Crippen molar-refractivity contribution in [3.05, 3.63) is 30.3 Å². The lowest BCUT2D eigenvalue weighted by atomic mass is 9.94. The Hall–Kier alpha value is -1.02. The molecule has 0 heterocycles. The highest BCUT2D eigenvalue weighted by molar-refractivity contribution is 6.20. The van der Waals surface area contributed by atoms with E-state index < -0.39 is 5.41 Å². The number of halogens is 1. The van der Waals surface area contributed by atoms with Crippen LogP contribution in [0.2, 0.25) is 0 Å². The van der Waals surface area contributed by atoms with E-state index in [1.165, 1.54) is 0 Å². The minimum absolute atomic E-state index is 0.0659. The highest BCUT2D eigenvalue weighted by atomic mass is 35.5. The molecule has 1 amide bonds. The van der Waals surface area contributed by atoms with E-state index in [0.717, 1.165) is 5.69 Å². The van der Waals surface area contributed by atoms with Gasteiger partial charge in [-0.1, -0.05) is 18.2 Å². The summed E-state index contributed by atoms with van der Waals surface area (Å²) in [5.41, 5.74) is 0.404. The van der Waals surface area contributed by atoms with Crippen molar-refractivity contribution in [2.75, 3.05) is 17.3 Å². The number of carbonyl (C=O) groups excluding carboxylic acids is 1. The summed E-state index contributed by atoms with van der Waals surface area (Å²) < 4.78 is 0. The molecule has 16 heavy (non-hydrogen) atoms. The molecule has 0 aromatic heterocycles. The molecule has 88 valence electrons. The largest absolute Gasteiger partial charge is 0.312 e. The summed E-state index contributed by atoms with van der Waals surface area (Å²) in [6.45, 7) is 6.36. The number of benzene rings is 1. The van der Waals surface area contributed by atoms with Crippen molar-refractivity contribution in [2.24, 2.45) is 5.41 Å². The van der Waals surface area contributed by atoms with Crippen molar-refractivity contribution in [1.29, 1.82) is 0 Å². The zero-order valence-electron chi connectivity index (χ0n) is 10.0. The van der Waals surface area contributed by atoms with Crippen LogP contribution >= 0.6 is 11.6 Å². The van der Waals surface area contributed by atoms with Crippen LogP contribution in [0.25, 0.3) is 0 Å². The van der Waals surface area contributed by atoms with Crippen LogP contribution in [-0.4, -0.2) is 18.3 Å². The zero-order chi connectivity index (χ0) is 12.2. The van der Waals surface area contributed by atoms with Gasteiger partial charge in [0.05, 0.1) is 5.41 Å². The SMILES string of the molecule is CCN(C(=O)C(C)(C)CCl)c1ccccc1. The summed E-state index contributed by atoms with van der Waals surface area (Å²) in [4.78, 5) is 14.0. The van der Waals surface area contributed by atoms with Crippen molar-refractivity contribution >= 4 is 23.2 Å². The molecule has 1 aromatic carbocycles. The van der Waals surface area contributed by atoms with Gasteiger partial charge in [-0.3, -0.25) is 4.79 Å². The number of carbonyl (C=O) groups is 1. The molecule has 1 rings (SSSR count). The lowest BCUT2D eigenvalue weighted by Gasteiger charge is -2.29. The number of nitrogens with zero attached hydrogens (tertiary/aromatic N) is 1. The maximum Gasteiger partial charge on any atom is 0.233 e. The number of hydrogen-bond donors (Lipinski definition) is 0. The molecule has 0 N–H and O–H groups in total. The van der Waals surface area contributed by atoms with Gasteiger partial charge in [-0.25, -0.2) is 0 Å². The molecule has 1 aromatic rings. The average molecular weight is 240 g/mol. The van der Waals surface area contributed by atoms with Crippen molar-refractivity contribution < 1.29 is 4.79 Å². The number of amides is 1. The van der Waals surface area contributed by atoms with Crippen LogP contribution < -0.4 is 4.90 Å². The van der Waals surface area contributed by atoms with Crippen LogP contribution in [0.5, 0.6) is 0 Å². The summed E-state index contributed by atoms with van der Waals surface area (Å²) in [7, 11) is 0. The second-order valence-corrected chi connectivity index (χ2v) is 4.67. The second kappa shape index (κ2) is 5.35. The first-order valence-corrected chi connectivity index (χ1v) is 5.99. The van der Waals surface area contributed by atoms with E-state index in [1.54, 1.807) is 4.90 Å². The van der Waals surface area contributed by atoms with E-state index in [2.05, 4.69) is 0 Å². The first-order valence-electron chi connectivity index (χ1n) is 5.46. The lowest BCUT2D eigenvalue weighted by Crippen LogP contribution is -2.42. The minimum atomic E-state index is -0.520. The molecule has 0 saturated carbocycles. The van der Waals surface area contributed by atoms with Gasteiger partial charge in [-0.05, 0) is 32.9 Å². The van der Waals surface area contributed by atoms with Gasteiger partial charge in [0.2, 0.25) is 5.91 Å². The molecule has 0 aliphatic rings. The fraction of sp³-hybridized carbons (Fsp3) is 0.462. The molecule has 0 fully saturated rings. The molecule has 0 atom stereocenters. The molecule has 0 unspecified atom stereocenters. The Labute approximate surface area is 102 Å². The van der Waals surface area contributed by atoms with Crippen molar-refractivity contribution in [3.8, 4) is 0 Å². The summed E-state index contributed by atoms with van der Waals surface area (Å²) in [6, 6.07) is 9.67. The Kier molecular flexibility index (Phi) is 4.36. The van der Waals surface area contributed by atoms with Gasteiger partial charge in [0.15, 0.2) is 0 Å². The van der Waals surface area contributed by atoms with Crippen LogP contribution in [0.4, 0.5) is 5.69 Å². The molecule has 0 bridgehead atoms. The van der Waals surface area contributed by atoms with Gasteiger partial charge >= 0.3 is 0 Å². The van der Waals surface area contributed by atoms with Gasteiger partial charge in [0, 0.05) is 18.1 Å². The second-order valence-electron chi connectivity index (χ2n) is 4.40. The van der Waals surface area contributed by atoms with Crippen molar-refractivity contribution in [2.45, 2.75) is 20.8 Å². The van der Waals surface area contributed by atoms with Crippen LogP contribution in [0.3, 0.4) is 0 Å². The Morgan fingerprint density at radius 3 is 2.31 bits per heavy atom. The van der Waals surface area contributed by atoms with E-state index in [1.807, 2.05) is 51.1 Å².